The van der Waals surface area contributed by atoms with Gasteiger partial charge in [0.2, 0.25) is 5.91 Å². The highest BCUT2D eigenvalue weighted by Gasteiger charge is 2.22. The van der Waals surface area contributed by atoms with Gasteiger partial charge in [0.25, 0.3) is 0 Å². The second kappa shape index (κ2) is 5.55. The molecule has 0 saturated carbocycles. The summed E-state index contributed by atoms with van der Waals surface area (Å²) in [5.41, 5.74) is 5.26. The molecule has 0 aliphatic carbocycles. The Morgan fingerprint density at radius 2 is 2.20 bits per heavy atom. The molecule has 0 aromatic carbocycles. The minimum absolute atomic E-state index is 0.0197. The van der Waals surface area contributed by atoms with Crippen molar-refractivity contribution < 1.29 is 14.7 Å². The van der Waals surface area contributed by atoms with Gasteiger partial charge in [-0.05, 0) is 12.8 Å². The van der Waals surface area contributed by atoms with Crippen LogP contribution in [0, 0.1) is 0 Å². The first-order valence-electron chi connectivity index (χ1n) is 4.94. The van der Waals surface area contributed by atoms with Crippen molar-refractivity contribution in [2.45, 2.75) is 25.4 Å². The molecular formula is C9H17N3O3. The van der Waals surface area contributed by atoms with Gasteiger partial charge in [-0.1, -0.05) is 5.16 Å². The van der Waals surface area contributed by atoms with Crippen molar-refractivity contribution in [1.29, 1.82) is 0 Å². The summed E-state index contributed by atoms with van der Waals surface area (Å²) in [5.74, 6) is -0.145. The van der Waals surface area contributed by atoms with Gasteiger partial charge >= 0.3 is 0 Å². The highest BCUT2D eigenvalue weighted by Crippen LogP contribution is 2.13. The second-order valence-corrected chi connectivity index (χ2v) is 3.58. The number of ether oxygens (including phenoxy) is 1. The molecule has 1 aliphatic heterocycles. The van der Waals surface area contributed by atoms with Crippen LogP contribution in [0.25, 0.3) is 0 Å². The summed E-state index contributed by atoms with van der Waals surface area (Å²) in [6.07, 6.45) is 1.92. The van der Waals surface area contributed by atoms with E-state index >= 15 is 0 Å². The van der Waals surface area contributed by atoms with Gasteiger partial charge in [-0.2, -0.15) is 0 Å². The Morgan fingerprint density at radius 1 is 1.60 bits per heavy atom. The second-order valence-electron chi connectivity index (χ2n) is 3.58. The van der Waals surface area contributed by atoms with E-state index in [0.29, 0.717) is 13.1 Å². The molecule has 15 heavy (non-hydrogen) atoms. The van der Waals surface area contributed by atoms with E-state index in [1.165, 1.54) is 0 Å². The predicted molar refractivity (Wildman–Crippen MR) is 54.6 cm³/mol. The zero-order valence-corrected chi connectivity index (χ0v) is 8.85. The highest BCUT2D eigenvalue weighted by molar-refractivity contribution is 5.98. The van der Waals surface area contributed by atoms with Crippen LogP contribution < -0.4 is 5.73 Å². The third kappa shape index (κ3) is 3.39. The maximum Gasteiger partial charge on any atom is 0.230 e. The van der Waals surface area contributed by atoms with Crippen LogP contribution in [-0.2, 0) is 9.53 Å². The van der Waals surface area contributed by atoms with Crippen LogP contribution in [0.3, 0.4) is 0 Å². The first-order valence-corrected chi connectivity index (χ1v) is 4.94. The summed E-state index contributed by atoms with van der Waals surface area (Å²) in [4.78, 5) is 13.3. The van der Waals surface area contributed by atoms with Crippen molar-refractivity contribution in [3.8, 4) is 0 Å². The van der Waals surface area contributed by atoms with Crippen LogP contribution in [0.4, 0.5) is 0 Å². The fraction of sp³-hybridized carbons (Fsp3) is 0.778. The summed E-state index contributed by atoms with van der Waals surface area (Å²) in [6.45, 7) is 1.35. The molecule has 0 radical (unpaired) electrons. The zero-order chi connectivity index (χ0) is 11.3. The van der Waals surface area contributed by atoms with E-state index in [0.717, 1.165) is 12.8 Å². The molecule has 1 rings (SSSR count). The number of nitrogens with zero attached hydrogens (tertiary/aromatic N) is 2. The van der Waals surface area contributed by atoms with Gasteiger partial charge in [-0.3, -0.25) is 4.79 Å². The molecule has 0 bridgehead atoms. The lowest BCUT2D eigenvalue weighted by Gasteiger charge is -2.31. The normalized spacial score (nSPS) is 19.3. The summed E-state index contributed by atoms with van der Waals surface area (Å²) in [6, 6.07) is 0. The molecule has 1 saturated heterocycles. The van der Waals surface area contributed by atoms with Crippen LogP contribution >= 0.6 is 0 Å². The van der Waals surface area contributed by atoms with Gasteiger partial charge in [0, 0.05) is 20.2 Å². The van der Waals surface area contributed by atoms with E-state index in [4.69, 9.17) is 15.7 Å². The molecule has 1 heterocycles. The van der Waals surface area contributed by atoms with Crippen molar-refractivity contribution >= 4 is 11.7 Å². The van der Waals surface area contributed by atoms with Gasteiger partial charge in [-0.25, -0.2) is 0 Å². The maximum atomic E-state index is 11.6. The van der Waals surface area contributed by atoms with Crippen molar-refractivity contribution in [1.82, 2.24) is 4.90 Å². The Kier molecular flexibility index (Phi) is 4.36. The first kappa shape index (κ1) is 11.8. The molecule has 1 aliphatic rings. The number of amidine groups is 1. The fourth-order valence-corrected chi connectivity index (χ4v) is 1.64. The molecule has 6 nitrogen and oxygen atoms in total. The lowest BCUT2D eigenvalue weighted by atomic mass is 10.1. The van der Waals surface area contributed by atoms with E-state index in [2.05, 4.69) is 5.16 Å². The number of carbonyl (C=O) groups is 1. The largest absolute Gasteiger partial charge is 0.409 e. The molecule has 3 N–H and O–H groups in total. The topological polar surface area (TPSA) is 88.2 Å². The Bertz CT molecular complexity index is 247. The maximum absolute atomic E-state index is 11.6. The number of hydrogen-bond donors (Lipinski definition) is 2. The van der Waals surface area contributed by atoms with Crippen LogP contribution in [0.5, 0.6) is 0 Å². The van der Waals surface area contributed by atoms with Crippen molar-refractivity contribution in [2.24, 2.45) is 10.9 Å². The monoisotopic (exact) mass is 215 g/mol. The predicted octanol–water partition coefficient (Wildman–Crippen LogP) is -0.240. The number of likely N-dealkylation sites (tertiary alicyclic amines) is 1. The van der Waals surface area contributed by atoms with E-state index in [1.54, 1.807) is 12.0 Å². The minimum atomic E-state index is -0.0974. The Labute approximate surface area is 88.7 Å². The zero-order valence-electron chi connectivity index (χ0n) is 8.85. The number of carbonyl (C=O) groups excluding carboxylic acids is 1. The summed E-state index contributed by atoms with van der Waals surface area (Å²) >= 11 is 0. The molecular weight excluding hydrogens is 198 g/mol. The number of methoxy groups -OCH3 is 1. The number of oxime groups is 1. The van der Waals surface area contributed by atoms with Gasteiger partial charge in [0.05, 0.1) is 12.5 Å². The molecule has 0 aromatic heterocycles. The quantitative estimate of drug-likeness (QED) is 0.294. The van der Waals surface area contributed by atoms with Gasteiger partial charge in [0.15, 0.2) is 0 Å². The van der Waals surface area contributed by atoms with E-state index in [1.807, 2.05) is 0 Å². The molecule has 6 heteroatoms. The van der Waals surface area contributed by atoms with Gasteiger partial charge in [-0.15, -0.1) is 0 Å². The SMILES string of the molecule is COC1CCN(C(=O)C/C(N)=N/O)CC1. The minimum Gasteiger partial charge on any atom is -0.409 e. The van der Waals surface area contributed by atoms with Crippen molar-refractivity contribution in [3.05, 3.63) is 0 Å². The number of piperidine rings is 1. The number of nitrogens with two attached hydrogens (primary N) is 1. The Balaban J connectivity index is 2.36. The van der Waals surface area contributed by atoms with Gasteiger partial charge in [0.1, 0.15) is 5.84 Å². The fourth-order valence-electron chi connectivity index (χ4n) is 1.64. The number of hydrogen-bond acceptors (Lipinski definition) is 4. The molecule has 0 atom stereocenters. The van der Waals surface area contributed by atoms with E-state index in [9.17, 15) is 4.79 Å². The Hall–Kier alpha value is -1.30. The highest BCUT2D eigenvalue weighted by atomic mass is 16.5. The summed E-state index contributed by atoms with van der Waals surface area (Å²) < 4.78 is 5.20. The van der Waals surface area contributed by atoms with Crippen molar-refractivity contribution in [2.75, 3.05) is 20.2 Å². The summed E-state index contributed by atoms with van der Waals surface area (Å²) in [5, 5.41) is 11.1. The standard InChI is InChI=1S/C9H17N3O3/c1-15-7-2-4-12(5-3-7)9(13)6-8(10)11-14/h7,14H,2-6H2,1H3,(H2,10,11). The number of amides is 1. The average molecular weight is 215 g/mol. The van der Waals surface area contributed by atoms with Gasteiger partial charge < -0.3 is 20.6 Å². The van der Waals surface area contributed by atoms with Crippen LogP contribution in [0.2, 0.25) is 0 Å². The molecule has 1 fully saturated rings. The number of rotatable bonds is 3. The average Bonchev–Trinajstić information content (AvgIpc) is 2.29. The third-order valence-electron chi connectivity index (χ3n) is 2.59. The third-order valence-corrected chi connectivity index (χ3v) is 2.59. The van der Waals surface area contributed by atoms with E-state index in [-0.39, 0.29) is 24.3 Å². The first-order chi connectivity index (χ1) is 7.17. The molecule has 86 valence electrons. The van der Waals surface area contributed by atoms with Crippen molar-refractivity contribution in [3.63, 3.8) is 0 Å². The molecule has 0 unspecified atom stereocenters. The van der Waals surface area contributed by atoms with Crippen LogP contribution in [-0.4, -0.2) is 48.2 Å². The van der Waals surface area contributed by atoms with Crippen LogP contribution in [0.15, 0.2) is 5.16 Å². The Morgan fingerprint density at radius 3 is 2.67 bits per heavy atom. The lowest BCUT2D eigenvalue weighted by Crippen LogP contribution is -2.41. The molecule has 0 aromatic rings. The van der Waals surface area contributed by atoms with Crippen LogP contribution in [0.1, 0.15) is 19.3 Å². The molecule has 0 spiro atoms. The summed E-state index contributed by atoms with van der Waals surface area (Å²) in [7, 11) is 1.68. The smallest absolute Gasteiger partial charge is 0.230 e. The lowest BCUT2D eigenvalue weighted by molar-refractivity contribution is -0.132. The molecule has 1 amide bonds. The van der Waals surface area contributed by atoms with E-state index < -0.39 is 0 Å².